The third-order valence-electron chi connectivity index (χ3n) is 7.42. The zero-order valence-corrected chi connectivity index (χ0v) is 22.6. The van der Waals surface area contributed by atoms with Gasteiger partial charge in [0.2, 0.25) is 5.91 Å². The summed E-state index contributed by atoms with van der Waals surface area (Å²) >= 11 is 1.13. The molecule has 1 amide bonds. The van der Waals surface area contributed by atoms with Crippen LogP contribution in [0.2, 0.25) is 0 Å². The average molecular weight is 545 g/mol. The molecule has 1 saturated heterocycles. The first-order valence-electron chi connectivity index (χ1n) is 12.8. The van der Waals surface area contributed by atoms with Crippen molar-refractivity contribution in [2.24, 2.45) is 21.3 Å². The fourth-order valence-electron chi connectivity index (χ4n) is 5.58. The molecule has 0 radical (unpaired) electrons. The number of hydrogen-bond donors (Lipinski definition) is 0. The number of carbonyl (C=O) groups excluding carboxylic acids is 1. The number of amidine groups is 1. The van der Waals surface area contributed by atoms with Crippen LogP contribution in [0.15, 0.2) is 99.3 Å². The Morgan fingerprint density at radius 2 is 1.58 bits per heavy atom. The summed E-state index contributed by atoms with van der Waals surface area (Å²) in [5, 5.41) is 7.29. The second kappa shape index (κ2) is 10.0. The van der Waals surface area contributed by atoms with Crippen LogP contribution >= 0.6 is 11.8 Å². The predicted octanol–water partition coefficient (Wildman–Crippen LogP) is 5.86. The van der Waals surface area contributed by atoms with Crippen LogP contribution in [0.25, 0.3) is 0 Å². The molecular formula is C29H28N4O3S2. The molecule has 3 unspecified atom stereocenters. The molecule has 3 aromatic rings. The Morgan fingerprint density at radius 1 is 0.895 bits per heavy atom. The lowest BCUT2D eigenvalue weighted by atomic mass is 9.76. The number of fused-ring (bicyclic) bond motifs is 1. The van der Waals surface area contributed by atoms with E-state index in [9.17, 15) is 13.2 Å². The van der Waals surface area contributed by atoms with Crippen LogP contribution in [0, 0.1) is 11.8 Å². The Balaban J connectivity index is 1.31. The molecule has 9 heteroatoms. The number of carbonyl (C=O) groups is 1. The van der Waals surface area contributed by atoms with E-state index in [4.69, 9.17) is 5.10 Å². The largest absolute Gasteiger partial charge is 0.284 e. The molecule has 7 nitrogen and oxygen atoms in total. The van der Waals surface area contributed by atoms with E-state index >= 15 is 0 Å². The van der Waals surface area contributed by atoms with E-state index in [1.54, 1.807) is 48.5 Å². The fraction of sp³-hybridized carbons (Fsp3) is 0.276. The summed E-state index contributed by atoms with van der Waals surface area (Å²) in [6.45, 7) is 2.25. The molecule has 6 rings (SSSR count). The molecule has 2 aliphatic heterocycles. The van der Waals surface area contributed by atoms with Gasteiger partial charge in [0, 0.05) is 11.6 Å². The number of para-hydroxylation sites is 1. The lowest BCUT2D eigenvalue weighted by molar-refractivity contribution is -0.115. The van der Waals surface area contributed by atoms with Gasteiger partial charge in [-0.2, -0.15) is 13.5 Å². The van der Waals surface area contributed by atoms with Gasteiger partial charge in [0.05, 0.1) is 28.1 Å². The molecule has 194 valence electrons. The molecule has 0 N–H and O–H groups in total. The predicted molar refractivity (Wildman–Crippen MR) is 153 cm³/mol. The van der Waals surface area contributed by atoms with Crippen LogP contribution in [0.1, 0.15) is 37.8 Å². The summed E-state index contributed by atoms with van der Waals surface area (Å²) < 4.78 is 30.6. The molecule has 2 fully saturated rings. The number of rotatable bonds is 5. The zero-order chi connectivity index (χ0) is 26.3. The highest BCUT2D eigenvalue weighted by atomic mass is 32.2. The van der Waals surface area contributed by atoms with Crippen LogP contribution < -0.4 is 9.91 Å². The molecule has 2 heterocycles. The van der Waals surface area contributed by atoms with Crippen molar-refractivity contribution in [3.8, 4) is 0 Å². The van der Waals surface area contributed by atoms with E-state index in [-0.39, 0.29) is 27.8 Å². The van der Waals surface area contributed by atoms with Gasteiger partial charge in [-0.05, 0) is 60.7 Å². The van der Waals surface area contributed by atoms with E-state index in [0.29, 0.717) is 17.5 Å². The average Bonchev–Trinajstić information content (AvgIpc) is 3.50. The van der Waals surface area contributed by atoms with E-state index in [1.165, 1.54) is 22.6 Å². The van der Waals surface area contributed by atoms with Crippen molar-refractivity contribution < 1.29 is 13.2 Å². The quantitative estimate of drug-likeness (QED) is 0.402. The SMILES string of the molecule is CC1CCCC2C1=NN(c1ccc(S(=O)(=O)/N=C3\SCC(=O)N3c3ccccc3)cc1)C2c1ccccc1. The van der Waals surface area contributed by atoms with Gasteiger partial charge in [-0.25, -0.2) is 0 Å². The Morgan fingerprint density at radius 3 is 2.29 bits per heavy atom. The van der Waals surface area contributed by atoms with Gasteiger partial charge in [-0.3, -0.25) is 14.7 Å². The molecule has 1 saturated carbocycles. The maximum absolute atomic E-state index is 13.3. The lowest BCUT2D eigenvalue weighted by Gasteiger charge is -2.31. The molecule has 3 aliphatic rings. The second-order valence-electron chi connectivity index (χ2n) is 9.86. The first-order chi connectivity index (χ1) is 18.4. The minimum absolute atomic E-state index is 0.0793. The van der Waals surface area contributed by atoms with Crippen LogP contribution in [0.4, 0.5) is 11.4 Å². The third-order valence-corrected chi connectivity index (χ3v) is 9.74. The summed E-state index contributed by atoms with van der Waals surface area (Å²) in [6, 6.07) is 26.2. The molecule has 3 aromatic carbocycles. The fourth-order valence-corrected chi connectivity index (χ4v) is 7.68. The lowest BCUT2D eigenvalue weighted by Crippen LogP contribution is -2.30. The normalized spacial score (nSPS) is 24.6. The topological polar surface area (TPSA) is 82.4 Å². The highest BCUT2D eigenvalue weighted by Gasteiger charge is 2.42. The van der Waals surface area contributed by atoms with Gasteiger partial charge in [-0.1, -0.05) is 73.6 Å². The van der Waals surface area contributed by atoms with Gasteiger partial charge in [-0.15, -0.1) is 4.40 Å². The van der Waals surface area contributed by atoms with E-state index in [1.807, 2.05) is 12.1 Å². The molecule has 38 heavy (non-hydrogen) atoms. The van der Waals surface area contributed by atoms with Crippen LogP contribution in [0.5, 0.6) is 0 Å². The zero-order valence-electron chi connectivity index (χ0n) is 21.0. The van der Waals surface area contributed by atoms with Gasteiger partial charge < -0.3 is 0 Å². The van der Waals surface area contributed by atoms with Crippen molar-refractivity contribution >= 4 is 49.9 Å². The minimum Gasteiger partial charge on any atom is -0.273 e. The van der Waals surface area contributed by atoms with Gasteiger partial charge in [0.1, 0.15) is 0 Å². The maximum atomic E-state index is 13.3. The first-order valence-corrected chi connectivity index (χ1v) is 15.2. The summed E-state index contributed by atoms with van der Waals surface area (Å²) in [7, 11) is -4.02. The number of amides is 1. The van der Waals surface area contributed by atoms with Crippen molar-refractivity contribution in [2.45, 2.75) is 37.1 Å². The molecule has 1 aliphatic carbocycles. The smallest absolute Gasteiger partial charge is 0.273 e. The molecule has 3 atom stereocenters. The Bertz CT molecular complexity index is 1510. The Kier molecular flexibility index (Phi) is 6.57. The van der Waals surface area contributed by atoms with Crippen LogP contribution in [-0.2, 0) is 14.8 Å². The summed E-state index contributed by atoms with van der Waals surface area (Å²) in [6.07, 6.45) is 3.42. The van der Waals surface area contributed by atoms with Crippen LogP contribution in [0.3, 0.4) is 0 Å². The van der Waals surface area contributed by atoms with Crippen molar-refractivity contribution in [2.75, 3.05) is 15.7 Å². The van der Waals surface area contributed by atoms with E-state index in [0.717, 1.165) is 30.3 Å². The third kappa shape index (κ3) is 4.54. The number of nitrogens with zero attached hydrogens (tertiary/aromatic N) is 4. The minimum atomic E-state index is -4.02. The van der Waals surface area contributed by atoms with Gasteiger partial charge >= 0.3 is 0 Å². The number of benzene rings is 3. The van der Waals surface area contributed by atoms with E-state index in [2.05, 4.69) is 40.6 Å². The summed E-state index contributed by atoms with van der Waals surface area (Å²) in [5.41, 5.74) is 3.88. The molecule has 0 aromatic heterocycles. The number of hydrazone groups is 1. The molecule has 0 spiro atoms. The Hall–Kier alpha value is -3.43. The number of anilines is 2. The van der Waals surface area contributed by atoms with Gasteiger partial charge in [0.15, 0.2) is 5.17 Å². The molecular weight excluding hydrogens is 516 g/mol. The highest BCUT2D eigenvalue weighted by molar-refractivity contribution is 8.16. The van der Waals surface area contributed by atoms with E-state index < -0.39 is 10.0 Å². The number of hydrogen-bond acceptors (Lipinski definition) is 6. The monoisotopic (exact) mass is 544 g/mol. The first kappa shape index (κ1) is 24.9. The van der Waals surface area contributed by atoms with Crippen molar-refractivity contribution in [1.29, 1.82) is 0 Å². The van der Waals surface area contributed by atoms with Crippen molar-refractivity contribution in [3.63, 3.8) is 0 Å². The standard InChI is InChI=1S/C29H28N4O3S2/c1-20-9-8-14-25-27(20)30-33(28(25)21-10-4-2-5-11-21)23-15-17-24(18-16-23)38(35,36)31-29-32(26(34)19-37-29)22-12-6-3-7-13-22/h2-7,10-13,15-18,20,25,28H,8-9,14,19H2,1H3/b31-29-. The van der Waals surface area contributed by atoms with Crippen molar-refractivity contribution in [3.05, 3.63) is 90.5 Å². The number of sulfonamides is 1. The van der Waals surface area contributed by atoms with Crippen LogP contribution in [-0.4, -0.2) is 31.0 Å². The second-order valence-corrected chi connectivity index (χ2v) is 12.4. The van der Waals surface area contributed by atoms with Gasteiger partial charge in [0.25, 0.3) is 10.0 Å². The Labute approximate surface area is 227 Å². The summed E-state index contributed by atoms with van der Waals surface area (Å²) in [4.78, 5) is 13.9. The highest BCUT2D eigenvalue weighted by Crippen LogP contribution is 2.46. The maximum Gasteiger partial charge on any atom is 0.284 e. The molecule has 0 bridgehead atoms. The number of thioether (sulfide) groups is 1. The van der Waals surface area contributed by atoms with Crippen molar-refractivity contribution in [1.82, 2.24) is 0 Å². The summed E-state index contributed by atoms with van der Waals surface area (Å²) in [5.74, 6) is 0.732.